The number of piperidine rings is 1. The first-order chi connectivity index (χ1) is 9.22. The summed E-state index contributed by atoms with van der Waals surface area (Å²) < 4.78 is 6.36. The van der Waals surface area contributed by atoms with E-state index >= 15 is 0 Å². The van der Waals surface area contributed by atoms with Gasteiger partial charge in [-0.05, 0) is 36.6 Å². The maximum absolute atomic E-state index is 12.2. The minimum atomic E-state index is -0.474. The van der Waals surface area contributed by atoms with Crippen LogP contribution in [-0.4, -0.2) is 56.2 Å². The first-order valence-corrected chi connectivity index (χ1v) is 6.39. The molecule has 1 amide bonds. The fourth-order valence-corrected chi connectivity index (χ4v) is 2.20. The van der Waals surface area contributed by atoms with E-state index in [1.165, 1.54) is 11.0 Å². The van der Waals surface area contributed by atoms with Crippen molar-refractivity contribution in [1.29, 1.82) is 0 Å². The molecule has 8 heteroatoms. The van der Waals surface area contributed by atoms with Crippen LogP contribution in [-0.2, 0) is 20.9 Å². The van der Waals surface area contributed by atoms with Crippen LogP contribution in [0, 0.1) is 0 Å². The lowest BCUT2D eigenvalue weighted by Crippen LogP contribution is -2.49. The summed E-state index contributed by atoms with van der Waals surface area (Å²) in [6.07, 6.45) is 3.86. The maximum atomic E-state index is 12.2. The van der Waals surface area contributed by atoms with Gasteiger partial charge in [0.25, 0.3) is 0 Å². The molecule has 1 aromatic heterocycles. The highest BCUT2D eigenvalue weighted by molar-refractivity contribution is 5.84. The zero-order valence-electron chi connectivity index (χ0n) is 10.9. The lowest BCUT2D eigenvalue weighted by Gasteiger charge is -2.33. The van der Waals surface area contributed by atoms with Gasteiger partial charge in [0, 0.05) is 6.54 Å². The van der Waals surface area contributed by atoms with Gasteiger partial charge in [-0.2, -0.15) is 0 Å². The van der Waals surface area contributed by atoms with E-state index in [1.54, 1.807) is 11.8 Å². The molecule has 2 heterocycles. The lowest BCUT2D eigenvalue weighted by atomic mass is 10.0. The van der Waals surface area contributed by atoms with Crippen LogP contribution in [0.2, 0.25) is 0 Å². The number of carbonyl (C=O) groups excluding carboxylic acids is 2. The number of rotatable bonds is 4. The molecule has 0 aromatic carbocycles. The largest absolute Gasteiger partial charge is 0.464 e. The number of ether oxygens (including phenoxy) is 1. The van der Waals surface area contributed by atoms with Crippen molar-refractivity contribution in [3.63, 3.8) is 0 Å². The van der Waals surface area contributed by atoms with Crippen molar-refractivity contribution >= 4 is 11.9 Å². The van der Waals surface area contributed by atoms with Gasteiger partial charge in [0.1, 0.15) is 18.9 Å². The molecule has 0 aliphatic carbocycles. The maximum Gasteiger partial charge on any atom is 0.328 e. The Labute approximate surface area is 110 Å². The molecule has 1 aromatic rings. The van der Waals surface area contributed by atoms with E-state index in [0.29, 0.717) is 19.6 Å². The van der Waals surface area contributed by atoms with Gasteiger partial charge in [-0.3, -0.25) is 4.79 Å². The number of tetrazole rings is 1. The van der Waals surface area contributed by atoms with E-state index in [4.69, 9.17) is 4.74 Å². The molecule has 19 heavy (non-hydrogen) atoms. The molecule has 1 fully saturated rings. The number of amides is 1. The Bertz CT molecular complexity index is 434. The average Bonchev–Trinajstić information content (AvgIpc) is 2.92. The Morgan fingerprint density at radius 1 is 1.42 bits per heavy atom. The number of esters is 1. The third-order valence-corrected chi connectivity index (χ3v) is 3.07. The molecule has 2 rings (SSSR count). The molecule has 8 nitrogen and oxygen atoms in total. The summed E-state index contributed by atoms with van der Waals surface area (Å²) in [5.74, 6) is -0.489. The molecule has 0 radical (unpaired) electrons. The van der Waals surface area contributed by atoms with Crippen molar-refractivity contribution in [2.24, 2.45) is 0 Å². The zero-order valence-corrected chi connectivity index (χ0v) is 10.9. The van der Waals surface area contributed by atoms with E-state index in [-0.39, 0.29) is 18.4 Å². The third kappa shape index (κ3) is 3.27. The molecule has 1 saturated heterocycles. The normalized spacial score (nSPS) is 19.2. The Kier molecular flexibility index (Phi) is 4.43. The highest BCUT2D eigenvalue weighted by Crippen LogP contribution is 2.18. The van der Waals surface area contributed by atoms with Crippen molar-refractivity contribution in [1.82, 2.24) is 25.1 Å². The molecule has 0 saturated carbocycles. The first kappa shape index (κ1) is 13.4. The number of hydrogen-bond donors (Lipinski definition) is 0. The minimum Gasteiger partial charge on any atom is -0.464 e. The van der Waals surface area contributed by atoms with E-state index in [9.17, 15) is 9.59 Å². The van der Waals surface area contributed by atoms with E-state index in [1.807, 2.05) is 0 Å². The second-order valence-electron chi connectivity index (χ2n) is 4.36. The monoisotopic (exact) mass is 267 g/mol. The lowest BCUT2D eigenvalue weighted by molar-refractivity contribution is -0.156. The summed E-state index contributed by atoms with van der Waals surface area (Å²) in [6, 6.07) is -0.474. The predicted molar refractivity (Wildman–Crippen MR) is 63.8 cm³/mol. The average molecular weight is 267 g/mol. The highest BCUT2D eigenvalue weighted by Gasteiger charge is 2.33. The van der Waals surface area contributed by atoms with Gasteiger partial charge in [-0.25, -0.2) is 9.48 Å². The summed E-state index contributed by atoms with van der Waals surface area (Å²) in [6.45, 7) is 2.70. The number of hydrogen-bond acceptors (Lipinski definition) is 6. The molecule has 1 unspecified atom stereocenters. The van der Waals surface area contributed by atoms with Crippen molar-refractivity contribution < 1.29 is 14.3 Å². The summed E-state index contributed by atoms with van der Waals surface area (Å²) in [4.78, 5) is 25.6. The molecule has 0 bridgehead atoms. The highest BCUT2D eigenvalue weighted by atomic mass is 16.5. The van der Waals surface area contributed by atoms with Crippen LogP contribution in [0.25, 0.3) is 0 Å². The molecular weight excluding hydrogens is 250 g/mol. The molecule has 0 spiro atoms. The smallest absolute Gasteiger partial charge is 0.328 e. The van der Waals surface area contributed by atoms with Crippen LogP contribution < -0.4 is 0 Å². The van der Waals surface area contributed by atoms with Crippen molar-refractivity contribution in [2.45, 2.75) is 38.8 Å². The van der Waals surface area contributed by atoms with Crippen molar-refractivity contribution in [3.05, 3.63) is 6.33 Å². The predicted octanol–water partition coefficient (Wildman–Crippen LogP) is -0.383. The van der Waals surface area contributed by atoms with Gasteiger partial charge in [-0.15, -0.1) is 5.10 Å². The molecule has 1 aliphatic rings. The van der Waals surface area contributed by atoms with Crippen LogP contribution in [0.1, 0.15) is 26.2 Å². The number of likely N-dealkylation sites (tertiary alicyclic amines) is 1. The SMILES string of the molecule is CCOC(=O)C1CCCCN1C(=O)Cn1cnnn1. The fourth-order valence-electron chi connectivity index (χ4n) is 2.20. The van der Waals surface area contributed by atoms with Gasteiger partial charge in [0.05, 0.1) is 6.61 Å². The summed E-state index contributed by atoms with van der Waals surface area (Å²) in [5, 5.41) is 10.6. The van der Waals surface area contributed by atoms with Gasteiger partial charge in [0.15, 0.2) is 0 Å². The topological polar surface area (TPSA) is 90.2 Å². The van der Waals surface area contributed by atoms with E-state index in [0.717, 1.165) is 12.8 Å². The Morgan fingerprint density at radius 3 is 2.95 bits per heavy atom. The molecule has 1 atom stereocenters. The number of aromatic nitrogens is 4. The van der Waals surface area contributed by atoms with Crippen LogP contribution in [0.4, 0.5) is 0 Å². The Hall–Kier alpha value is -1.99. The van der Waals surface area contributed by atoms with Gasteiger partial charge in [-0.1, -0.05) is 0 Å². The standard InChI is InChI=1S/C11H17N5O3/c1-2-19-11(18)9-5-3-4-6-16(9)10(17)7-15-8-12-13-14-15/h8-9H,2-7H2,1H3. The number of carbonyl (C=O) groups is 2. The van der Waals surface area contributed by atoms with E-state index < -0.39 is 6.04 Å². The van der Waals surface area contributed by atoms with Gasteiger partial charge in [0.2, 0.25) is 5.91 Å². The minimum absolute atomic E-state index is 0.0445. The fraction of sp³-hybridized carbons (Fsp3) is 0.727. The molecule has 1 aliphatic heterocycles. The Balaban J connectivity index is 2.02. The second kappa shape index (κ2) is 6.26. The van der Waals surface area contributed by atoms with Crippen LogP contribution >= 0.6 is 0 Å². The molecular formula is C11H17N5O3. The number of nitrogens with zero attached hydrogens (tertiary/aromatic N) is 5. The second-order valence-corrected chi connectivity index (χ2v) is 4.36. The quantitative estimate of drug-likeness (QED) is 0.691. The van der Waals surface area contributed by atoms with Gasteiger partial charge < -0.3 is 9.64 Å². The van der Waals surface area contributed by atoms with Crippen molar-refractivity contribution in [3.8, 4) is 0 Å². The molecule has 104 valence electrons. The van der Waals surface area contributed by atoms with Crippen LogP contribution in [0.15, 0.2) is 6.33 Å². The van der Waals surface area contributed by atoms with Gasteiger partial charge >= 0.3 is 5.97 Å². The first-order valence-electron chi connectivity index (χ1n) is 6.39. The van der Waals surface area contributed by atoms with Crippen molar-refractivity contribution in [2.75, 3.05) is 13.2 Å². The van der Waals surface area contributed by atoms with E-state index in [2.05, 4.69) is 15.5 Å². The summed E-state index contributed by atoms with van der Waals surface area (Å²) >= 11 is 0. The third-order valence-electron chi connectivity index (χ3n) is 3.07. The Morgan fingerprint density at radius 2 is 2.26 bits per heavy atom. The zero-order chi connectivity index (χ0) is 13.7. The van der Waals surface area contributed by atoms with Crippen LogP contribution in [0.3, 0.4) is 0 Å². The molecule has 0 N–H and O–H groups in total. The summed E-state index contributed by atoms with van der Waals surface area (Å²) in [5.41, 5.74) is 0. The van der Waals surface area contributed by atoms with Crippen LogP contribution in [0.5, 0.6) is 0 Å². The summed E-state index contributed by atoms with van der Waals surface area (Å²) in [7, 11) is 0.